The molecule has 1 heteroatoms. The molecule has 0 saturated heterocycles. The van der Waals surface area contributed by atoms with E-state index < -0.39 is 0 Å². The van der Waals surface area contributed by atoms with Crippen LogP contribution in [0.25, 0.3) is 0 Å². The second kappa shape index (κ2) is 4.10. The Morgan fingerprint density at radius 3 is 2.36 bits per heavy atom. The number of hydrogen-bond donors (Lipinski definition) is 1. The smallest absolute Gasteiger partial charge is 0.00975 e. The minimum atomic E-state index is 0.659. The van der Waals surface area contributed by atoms with E-state index in [1.54, 1.807) is 0 Å². The van der Waals surface area contributed by atoms with Gasteiger partial charge < -0.3 is 5.32 Å². The molecule has 1 aliphatic carbocycles. The predicted octanol–water partition coefficient (Wildman–Crippen LogP) is 2.56. The second-order valence-corrected chi connectivity index (χ2v) is 4.05. The van der Waals surface area contributed by atoms with E-state index in [0.29, 0.717) is 6.04 Å². The Morgan fingerprint density at radius 2 is 2.00 bits per heavy atom. The van der Waals surface area contributed by atoms with Gasteiger partial charge in [-0.3, -0.25) is 0 Å². The molecule has 0 spiro atoms. The van der Waals surface area contributed by atoms with Crippen molar-refractivity contribution < 1.29 is 0 Å². The number of hydrogen-bond acceptors (Lipinski definition) is 1. The van der Waals surface area contributed by atoms with Gasteiger partial charge in [-0.1, -0.05) is 27.2 Å². The first-order valence-corrected chi connectivity index (χ1v) is 5.00. The molecule has 0 aromatic carbocycles. The molecule has 0 radical (unpaired) electrons. The van der Waals surface area contributed by atoms with Crippen molar-refractivity contribution in [2.24, 2.45) is 5.92 Å². The fourth-order valence-electron chi connectivity index (χ4n) is 1.69. The zero-order chi connectivity index (χ0) is 8.27. The van der Waals surface area contributed by atoms with Crippen molar-refractivity contribution in [2.45, 2.75) is 58.5 Å². The highest BCUT2D eigenvalue weighted by Crippen LogP contribution is 2.34. The molecule has 1 fully saturated rings. The van der Waals surface area contributed by atoms with Gasteiger partial charge in [0, 0.05) is 12.1 Å². The first-order valence-electron chi connectivity index (χ1n) is 5.00. The van der Waals surface area contributed by atoms with Gasteiger partial charge in [-0.2, -0.15) is 0 Å². The van der Waals surface area contributed by atoms with Crippen LogP contribution in [0.1, 0.15) is 46.5 Å². The summed E-state index contributed by atoms with van der Waals surface area (Å²) in [6.07, 6.45) is 5.61. The van der Waals surface area contributed by atoms with Crippen LogP contribution in [0.15, 0.2) is 0 Å². The van der Waals surface area contributed by atoms with Gasteiger partial charge in [-0.15, -0.1) is 0 Å². The van der Waals surface area contributed by atoms with Crippen molar-refractivity contribution in [2.75, 3.05) is 0 Å². The summed E-state index contributed by atoms with van der Waals surface area (Å²) in [5, 5.41) is 3.64. The summed E-state index contributed by atoms with van der Waals surface area (Å²) in [5.74, 6) is 1.01. The van der Waals surface area contributed by atoms with Crippen LogP contribution in [0.3, 0.4) is 0 Å². The molecule has 11 heavy (non-hydrogen) atoms. The third-order valence-electron chi connectivity index (χ3n) is 2.34. The quantitative estimate of drug-likeness (QED) is 0.643. The molecule has 66 valence electrons. The first-order chi connectivity index (χ1) is 5.24. The predicted molar refractivity (Wildman–Crippen MR) is 49.7 cm³/mol. The van der Waals surface area contributed by atoms with Gasteiger partial charge in [0.15, 0.2) is 0 Å². The Balaban J connectivity index is 2.20. The molecule has 1 rings (SSSR count). The van der Waals surface area contributed by atoms with E-state index in [1.807, 2.05) is 0 Å². The van der Waals surface area contributed by atoms with Crippen LogP contribution in [0.2, 0.25) is 0 Å². The van der Waals surface area contributed by atoms with Gasteiger partial charge >= 0.3 is 0 Å². The van der Waals surface area contributed by atoms with Gasteiger partial charge in [0.1, 0.15) is 0 Å². The fourth-order valence-corrected chi connectivity index (χ4v) is 1.69. The highest BCUT2D eigenvalue weighted by molar-refractivity contribution is 4.86. The normalized spacial score (nSPS) is 20.7. The largest absolute Gasteiger partial charge is 0.312 e. The molecule has 1 nitrogen and oxygen atoms in total. The fraction of sp³-hybridized carbons (Fsp3) is 1.00. The van der Waals surface area contributed by atoms with Crippen molar-refractivity contribution in [3.63, 3.8) is 0 Å². The third-order valence-corrected chi connectivity index (χ3v) is 2.34. The Morgan fingerprint density at radius 1 is 1.36 bits per heavy atom. The van der Waals surface area contributed by atoms with Gasteiger partial charge in [0.2, 0.25) is 0 Å². The van der Waals surface area contributed by atoms with Crippen molar-refractivity contribution >= 4 is 0 Å². The third kappa shape index (κ3) is 3.24. The summed E-state index contributed by atoms with van der Waals surface area (Å²) in [5.41, 5.74) is 0. The van der Waals surface area contributed by atoms with Crippen LogP contribution in [-0.2, 0) is 0 Å². The van der Waals surface area contributed by atoms with Crippen molar-refractivity contribution in [3.8, 4) is 0 Å². The summed E-state index contributed by atoms with van der Waals surface area (Å²) >= 11 is 0. The van der Waals surface area contributed by atoms with E-state index in [0.717, 1.165) is 12.0 Å². The molecule has 0 heterocycles. The highest BCUT2D eigenvalue weighted by atomic mass is 14.9. The molecule has 1 N–H and O–H groups in total. The average Bonchev–Trinajstić information content (AvgIpc) is 2.66. The maximum absolute atomic E-state index is 3.64. The Kier molecular flexibility index (Phi) is 3.38. The minimum Gasteiger partial charge on any atom is -0.312 e. The van der Waals surface area contributed by atoms with E-state index in [4.69, 9.17) is 0 Å². The summed E-state index contributed by atoms with van der Waals surface area (Å²) in [7, 11) is 0. The van der Waals surface area contributed by atoms with Crippen LogP contribution in [0, 0.1) is 5.92 Å². The molecule has 1 unspecified atom stereocenters. The maximum Gasteiger partial charge on any atom is 0.00975 e. The summed E-state index contributed by atoms with van der Waals surface area (Å²) < 4.78 is 0. The monoisotopic (exact) mass is 155 g/mol. The van der Waals surface area contributed by atoms with E-state index >= 15 is 0 Å². The van der Waals surface area contributed by atoms with E-state index in [9.17, 15) is 0 Å². The molecule has 0 aromatic rings. The van der Waals surface area contributed by atoms with Crippen LogP contribution in [0.4, 0.5) is 0 Å². The lowest BCUT2D eigenvalue weighted by molar-refractivity contribution is 0.397. The van der Waals surface area contributed by atoms with Crippen LogP contribution in [0.5, 0.6) is 0 Å². The molecule has 1 aliphatic rings. The van der Waals surface area contributed by atoms with Gasteiger partial charge in [-0.25, -0.2) is 0 Å². The van der Waals surface area contributed by atoms with Gasteiger partial charge in [0.25, 0.3) is 0 Å². The van der Waals surface area contributed by atoms with Crippen molar-refractivity contribution in [3.05, 3.63) is 0 Å². The molecule has 0 aliphatic heterocycles. The molecule has 0 aromatic heterocycles. The van der Waals surface area contributed by atoms with E-state index in [2.05, 4.69) is 26.1 Å². The van der Waals surface area contributed by atoms with Gasteiger partial charge in [-0.05, 0) is 25.2 Å². The standard InChI is InChI=1S/C10H21N/c1-4-5-10(9-6-7-9)11-8(2)3/h8-11H,4-7H2,1-3H3. The zero-order valence-corrected chi connectivity index (χ0v) is 8.06. The summed E-state index contributed by atoms with van der Waals surface area (Å²) in [6, 6.07) is 1.48. The van der Waals surface area contributed by atoms with E-state index in [1.165, 1.54) is 25.7 Å². The highest BCUT2D eigenvalue weighted by Gasteiger charge is 2.30. The minimum absolute atomic E-state index is 0.659. The first kappa shape index (κ1) is 9.05. The Labute approximate surface area is 70.6 Å². The Bertz CT molecular complexity index is 105. The molecule has 1 saturated carbocycles. The maximum atomic E-state index is 3.64. The van der Waals surface area contributed by atoms with Gasteiger partial charge in [0.05, 0.1) is 0 Å². The lowest BCUT2D eigenvalue weighted by atomic mass is 10.1. The SMILES string of the molecule is CCCC(NC(C)C)C1CC1. The van der Waals surface area contributed by atoms with Crippen LogP contribution < -0.4 is 5.32 Å². The van der Waals surface area contributed by atoms with Crippen molar-refractivity contribution in [1.29, 1.82) is 0 Å². The Hall–Kier alpha value is -0.0400. The number of rotatable bonds is 5. The average molecular weight is 155 g/mol. The molecular formula is C10H21N. The van der Waals surface area contributed by atoms with Crippen molar-refractivity contribution in [1.82, 2.24) is 5.32 Å². The lowest BCUT2D eigenvalue weighted by Crippen LogP contribution is -2.36. The van der Waals surface area contributed by atoms with E-state index in [-0.39, 0.29) is 0 Å². The number of nitrogens with one attached hydrogen (secondary N) is 1. The summed E-state index contributed by atoms with van der Waals surface area (Å²) in [4.78, 5) is 0. The molecule has 0 bridgehead atoms. The molecular weight excluding hydrogens is 134 g/mol. The molecule has 0 amide bonds. The van der Waals surface area contributed by atoms with Crippen LogP contribution in [-0.4, -0.2) is 12.1 Å². The van der Waals surface area contributed by atoms with Crippen LogP contribution >= 0.6 is 0 Å². The summed E-state index contributed by atoms with van der Waals surface area (Å²) in [6.45, 7) is 6.76. The lowest BCUT2D eigenvalue weighted by Gasteiger charge is -2.20. The topological polar surface area (TPSA) is 12.0 Å². The zero-order valence-electron chi connectivity index (χ0n) is 8.06. The second-order valence-electron chi connectivity index (χ2n) is 4.05. The molecule has 1 atom stereocenters.